The zero-order valence-electron chi connectivity index (χ0n) is 16.0. The van der Waals surface area contributed by atoms with Gasteiger partial charge in [-0.05, 0) is 42.8 Å². The number of rotatable bonds is 8. The van der Waals surface area contributed by atoms with Crippen LogP contribution in [0.5, 0.6) is 0 Å². The minimum absolute atomic E-state index is 0.0202. The zero-order valence-corrected chi connectivity index (χ0v) is 18.4. The van der Waals surface area contributed by atoms with Crippen molar-refractivity contribution < 1.29 is 4.79 Å². The minimum Gasteiger partial charge on any atom is -0.355 e. The number of carbonyl (C=O) groups excluding carboxylic acids is 1. The summed E-state index contributed by atoms with van der Waals surface area (Å²) >= 11 is 9.58. The van der Waals surface area contributed by atoms with Crippen LogP contribution in [0.2, 0.25) is 5.02 Å². The zero-order chi connectivity index (χ0) is 20.1. The fourth-order valence-corrected chi connectivity index (χ4v) is 5.42. The molecule has 2 aromatic heterocycles. The number of benzene rings is 1. The first kappa shape index (κ1) is 20.4. The molecule has 1 aliphatic carbocycles. The smallest absolute Gasteiger partial charge is 0.230 e. The van der Waals surface area contributed by atoms with Gasteiger partial charge in [0.1, 0.15) is 0 Å². The van der Waals surface area contributed by atoms with E-state index in [9.17, 15) is 4.79 Å². The Bertz CT molecular complexity index is 952. The van der Waals surface area contributed by atoms with Gasteiger partial charge in [0, 0.05) is 23.0 Å². The van der Waals surface area contributed by atoms with Gasteiger partial charge in [-0.2, -0.15) is 0 Å². The van der Waals surface area contributed by atoms with Gasteiger partial charge in [-0.1, -0.05) is 54.4 Å². The van der Waals surface area contributed by atoms with E-state index in [2.05, 4.69) is 31.5 Å². The van der Waals surface area contributed by atoms with Crippen molar-refractivity contribution in [3.8, 4) is 11.4 Å². The number of halogens is 1. The summed E-state index contributed by atoms with van der Waals surface area (Å²) in [6.07, 6.45) is 5.49. The van der Waals surface area contributed by atoms with Crippen molar-refractivity contribution in [2.75, 3.05) is 12.3 Å². The maximum absolute atomic E-state index is 12.3. The van der Waals surface area contributed by atoms with Gasteiger partial charge >= 0.3 is 0 Å². The average molecular weight is 447 g/mol. The average Bonchev–Trinajstić information content (AvgIpc) is 3.48. The first-order valence-corrected chi connectivity index (χ1v) is 12.1. The Balaban J connectivity index is 1.44. The van der Waals surface area contributed by atoms with Crippen molar-refractivity contribution in [3.63, 3.8) is 0 Å². The van der Waals surface area contributed by atoms with E-state index in [1.165, 1.54) is 29.5 Å². The van der Waals surface area contributed by atoms with Gasteiger partial charge in [0.15, 0.2) is 11.0 Å². The molecule has 1 fully saturated rings. The molecule has 1 N–H and O–H groups in total. The van der Waals surface area contributed by atoms with E-state index in [-0.39, 0.29) is 5.91 Å². The van der Waals surface area contributed by atoms with Crippen LogP contribution in [0.3, 0.4) is 0 Å². The SMILES string of the molecule is O=C(CSc1nnc(-c2ccccc2Cl)n1C1CCCC1)NCCc1cccs1. The van der Waals surface area contributed by atoms with E-state index in [4.69, 9.17) is 11.6 Å². The molecule has 0 aliphatic heterocycles. The lowest BCUT2D eigenvalue weighted by Crippen LogP contribution is -2.27. The summed E-state index contributed by atoms with van der Waals surface area (Å²) in [5.74, 6) is 1.15. The highest BCUT2D eigenvalue weighted by Crippen LogP contribution is 2.38. The lowest BCUT2D eigenvalue weighted by molar-refractivity contribution is -0.118. The van der Waals surface area contributed by atoms with Crippen LogP contribution < -0.4 is 5.32 Å². The van der Waals surface area contributed by atoms with Crippen LogP contribution in [0.4, 0.5) is 0 Å². The van der Waals surface area contributed by atoms with Gasteiger partial charge in [0.05, 0.1) is 10.8 Å². The molecule has 29 heavy (non-hydrogen) atoms. The van der Waals surface area contributed by atoms with Crippen molar-refractivity contribution in [2.24, 2.45) is 0 Å². The molecule has 4 rings (SSSR count). The molecular weight excluding hydrogens is 424 g/mol. The predicted octanol–water partition coefficient (Wildman–Crippen LogP) is 5.23. The van der Waals surface area contributed by atoms with Crippen LogP contribution in [0.1, 0.15) is 36.6 Å². The lowest BCUT2D eigenvalue weighted by atomic mass is 10.2. The largest absolute Gasteiger partial charge is 0.355 e. The van der Waals surface area contributed by atoms with Crippen molar-refractivity contribution in [1.29, 1.82) is 0 Å². The van der Waals surface area contributed by atoms with Crippen molar-refractivity contribution in [3.05, 3.63) is 51.7 Å². The number of hydrogen-bond donors (Lipinski definition) is 1. The highest BCUT2D eigenvalue weighted by atomic mass is 35.5. The second-order valence-electron chi connectivity index (χ2n) is 7.06. The number of nitrogens with one attached hydrogen (secondary N) is 1. The Labute approximate surface area is 183 Å². The van der Waals surface area contributed by atoms with E-state index >= 15 is 0 Å². The van der Waals surface area contributed by atoms with Crippen LogP contribution >= 0.6 is 34.7 Å². The Morgan fingerprint density at radius 3 is 2.79 bits per heavy atom. The van der Waals surface area contributed by atoms with Gasteiger partial charge in [-0.15, -0.1) is 21.5 Å². The normalized spacial score (nSPS) is 14.4. The highest BCUT2D eigenvalue weighted by Gasteiger charge is 2.26. The molecule has 0 saturated heterocycles. The third-order valence-corrected chi connectivity index (χ3v) is 7.28. The van der Waals surface area contributed by atoms with Crippen molar-refractivity contribution in [2.45, 2.75) is 43.3 Å². The van der Waals surface area contributed by atoms with Crippen LogP contribution in [0.25, 0.3) is 11.4 Å². The molecule has 152 valence electrons. The van der Waals surface area contributed by atoms with Gasteiger partial charge in [0.25, 0.3) is 0 Å². The summed E-state index contributed by atoms with van der Waals surface area (Å²) < 4.78 is 2.19. The molecule has 1 amide bonds. The number of nitrogens with zero attached hydrogens (tertiary/aromatic N) is 3. The number of thiophene rings is 1. The second kappa shape index (κ2) is 9.78. The molecule has 0 atom stereocenters. The van der Waals surface area contributed by atoms with Crippen LogP contribution in [0.15, 0.2) is 46.9 Å². The summed E-state index contributed by atoms with van der Waals surface area (Å²) in [6, 6.07) is 12.2. The van der Waals surface area contributed by atoms with E-state index in [1.54, 1.807) is 11.3 Å². The molecular formula is C21H23ClN4OS2. The molecule has 8 heteroatoms. The molecule has 2 heterocycles. The van der Waals surface area contributed by atoms with E-state index in [0.29, 0.717) is 23.4 Å². The number of carbonyl (C=O) groups is 1. The van der Waals surface area contributed by atoms with E-state index in [0.717, 1.165) is 35.8 Å². The molecule has 1 aliphatic rings. The summed E-state index contributed by atoms with van der Waals surface area (Å²) in [7, 11) is 0. The fraction of sp³-hybridized carbons (Fsp3) is 0.381. The van der Waals surface area contributed by atoms with Gasteiger partial charge < -0.3 is 5.32 Å². The van der Waals surface area contributed by atoms with E-state index < -0.39 is 0 Å². The summed E-state index contributed by atoms with van der Waals surface area (Å²) in [4.78, 5) is 13.6. The maximum Gasteiger partial charge on any atom is 0.230 e. The van der Waals surface area contributed by atoms with Crippen molar-refractivity contribution >= 4 is 40.6 Å². The monoisotopic (exact) mass is 446 g/mol. The number of aromatic nitrogens is 3. The summed E-state index contributed by atoms with van der Waals surface area (Å²) in [5, 5.41) is 15.4. The van der Waals surface area contributed by atoms with Crippen molar-refractivity contribution in [1.82, 2.24) is 20.1 Å². The lowest BCUT2D eigenvalue weighted by Gasteiger charge is -2.17. The molecule has 0 bridgehead atoms. The molecule has 3 aromatic rings. The summed E-state index contributed by atoms with van der Waals surface area (Å²) in [5.41, 5.74) is 0.890. The molecule has 0 unspecified atom stereocenters. The van der Waals surface area contributed by atoms with Crippen LogP contribution in [-0.2, 0) is 11.2 Å². The topological polar surface area (TPSA) is 59.8 Å². The number of amides is 1. The van der Waals surface area contributed by atoms with Gasteiger partial charge in [-0.3, -0.25) is 9.36 Å². The van der Waals surface area contributed by atoms with Gasteiger partial charge in [0.2, 0.25) is 5.91 Å². The molecule has 5 nitrogen and oxygen atoms in total. The van der Waals surface area contributed by atoms with Crippen LogP contribution in [0, 0.1) is 0 Å². The fourth-order valence-electron chi connectivity index (χ4n) is 3.65. The molecule has 0 radical (unpaired) electrons. The summed E-state index contributed by atoms with van der Waals surface area (Å²) in [6.45, 7) is 0.653. The molecule has 1 saturated carbocycles. The third kappa shape index (κ3) is 5.02. The first-order chi connectivity index (χ1) is 14.2. The quantitative estimate of drug-likeness (QED) is 0.481. The Morgan fingerprint density at radius 1 is 1.21 bits per heavy atom. The number of thioether (sulfide) groups is 1. The first-order valence-electron chi connectivity index (χ1n) is 9.84. The van der Waals surface area contributed by atoms with Gasteiger partial charge in [-0.25, -0.2) is 0 Å². The Hall–Kier alpha value is -1.83. The highest BCUT2D eigenvalue weighted by molar-refractivity contribution is 7.99. The van der Waals surface area contributed by atoms with Crippen LogP contribution in [-0.4, -0.2) is 33.0 Å². The molecule has 0 spiro atoms. The predicted molar refractivity (Wildman–Crippen MR) is 120 cm³/mol. The van der Waals surface area contributed by atoms with E-state index in [1.807, 2.05) is 30.3 Å². The second-order valence-corrected chi connectivity index (χ2v) is 9.44. The standard InChI is InChI=1S/C21H23ClN4OS2/c22-18-10-4-3-9-17(18)20-24-25-21(26(20)15-6-1-2-7-15)29-14-19(27)23-12-11-16-8-5-13-28-16/h3-5,8-10,13,15H,1-2,6-7,11-12,14H2,(H,23,27). The molecule has 1 aromatic carbocycles. The Kier molecular flexibility index (Phi) is 6.90. The third-order valence-electron chi connectivity index (χ3n) is 5.08. The number of hydrogen-bond acceptors (Lipinski definition) is 5. The maximum atomic E-state index is 12.3. The minimum atomic E-state index is 0.0202. The Morgan fingerprint density at radius 2 is 2.03 bits per heavy atom.